The standard InChI is InChI=1S/C19H20N4O2/c1-24-17-9-7-16(8-10-17)23-11-12-25-19(23)18-14-22(21-20-18)13-15-5-3-2-4-6-15/h2-10,14,19H,11-13H2,1H3/t19-/m1/s1. The Kier molecular flexibility index (Phi) is 4.35. The summed E-state index contributed by atoms with van der Waals surface area (Å²) in [7, 11) is 1.67. The minimum absolute atomic E-state index is 0.210. The van der Waals surface area contributed by atoms with Gasteiger partial charge in [0, 0.05) is 12.2 Å². The molecule has 2 aromatic carbocycles. The van der Waals surface area contributed by atoms with E-state index in [1.165, 1.54) is 5.56 Å². The first-order valence-corrected chi connectivity index (χ1v) is 8.30. The molecule has 0 bridgehead atoms. The molecule has 1 saturated heterocycles. The number of rotatable bonds is 5. The maximum atomic E-state index is 5.90. The molecule has 4 rings (SSSR count). The molecule has 1 fully saturated rings. The van der Waals surface area contributed by atoms with Crippen molar-refractivity contribution in [2.75, 3.05) is 25.2 Å². The summed E-state index contributed by atoms with van der Waals surface area (Å²) in [6, 6.07) is 18.2. The van der Waals surface area contributed by atoms with Crippen molar-refractivity contribution in [1.29, 1.82) is 0 Å². The highest BCUT2D eigenvalue weighted by Crippen LogP contribution is 2.31. The monoisotopic (exact) mass is 336 g/mol. The molecule has 6 nitrogen and oxygen atoms in total. The van der Waals surface area contributed by atoms with Gasteiger partial charge in [-0.2, -0.15) is 0 Å². The second-order valence-electron chi connectivity index (χ2n) is 5.94. The van der Waals surface area contributed by atoms with Crippen LogP contribution in [0.5, 0.6) is 5.75 Å². The van der Waals surface area contributed by atoms with Gasteiger partial charge in [0.15, 0.2) is 6.23 Å². The van der Waals surface area contributed by atoms with Gasteiger partial charge in [-0.05, 0) is 29.8 Å². The predicted molar refractivity (Wildman–Crippen MR) is 94.6 cm³/mol. The molecule has 0 aliphatic carbocycles. The Balaban J connectivity index is 1.52. The third kappa shape index (κ3) is 3.34. The number of anilines is 1. The number of methoxy groups -OCH3 is 1. The number of hydrogen-bond acceptors (Lipinski definition) is 5. The first kappa shape index (κ1) is 15.7. The highest BCUT2D eigenvalue weighted by atomic mass is 16.5. The van der Waals surface area contributed by atoms with Crippen LogP contribution in [0, 0.1) is 0 Å². The Bertz CT molecular complexity index is 817. The van der Waals surface area contributed by atoms with Crippen LogP contribution in [0.25, 0.3) is 0 Å². The van der Waals surface area contributed by atoms with Gasteiger partial charge in [0.2, 0.25) is 0 Å². The summed E-state index contributed by atoms with van der Waals surface area (Å²) in [6.07, 6.45) is 1.75. The minimum atomic E-state index is -0.210. The zero-order valence-corrected chi connectivity index (χ0v) is 14.1. The molecule has 1 aliphatic rings. The molecule has 2 heterocycles. The van der Waals surface area contributed by atoms with Crippen LogP contribution in [-0.2, 0) is 11.3 Å². The van der Waals surface area contributed by atoms with Gasteiger partial charge in [-0.25, -0.2) is 4.68 Å². The third-order valence-electron chi connectivity index (χ3n) is 4.29. The van der Waals surface area contributed by atoms with E-state index in [-0.39, 0.29) is 6.23 Å². The number of aromatic nitrogens is 3. The maximum Gasteiger partial charge on any atom is 0.177 e. The molecule has 0 amide bonds. The van der Waals surface area contributed by atoms with Gasteiger partial charge in [-0.15, -0.1) is 5.10 Å². The van der Waals surface area contributed by atoms with Crippen LogP contribution in [0.4, 0.5) is 5.69 Å². The van der Waals surface area contributed by atoms with E-state index in [9.17, 15) is 0 Å². The molecular formula is C19H20N4O2. The van der Waals surface area contributed by atoms with Crippen LogP contribution >= 0.6 is 0 Å². The fourth-order valence-corrected chi connectivity index (χ4v) is 3.03. The summed E-state index contributed by atoms with van der Waals surface area (Å²) in [5.74, 6) is 0.842. The molecule has 0 radical (unpaired) electrons. The summed E-state index contributed by atoms with van der Waals surface area (Å²) in [4.78, 5) is 2.19. The van der Waals surface area contributed by atoms with E-state index in [1.807, 2.05) is 53.3 Å². The average Bonchev–Trinajstić information content (AvgIpc) is 3.32. The fraction of sp³-hybridized carbons (Fsp3) is 0.263. The van der Waals surface area contributed by atoms with Crippen LogP contribution in [0.2, 0.25) is 0 Å². The summed E-state index contributed by atoms with van der Waals surface area (Å²) < 4.78 is 13.0. The Morgan fingerprint density at radius 2 is 1.92 bits per heavy atom. The van der Waals surface area contributed by atoms with E-state index in [0.717, 1.165) is 23.7 Å². The van der Waals surface area contributed by atoms with Gasteiger partial charge in [0.1, 0.15) is 11.4 Å². The highest BCUT2D eigenvalue weighted by Gasteiger charge is 2.29. The van der Waals surface area contributed by atoms with Crippen molar-refractivity contribution in [2.24, 2.45) is 0 Å². The SMILES string of the molecule is COc1ccc(N2CCO[C@@H]2c2cn(Cc3ccccc3)nn2)cc1. The van der Waals surface area contributed by atoms with Crippen molar-refractivity contribution >= 4 is 5.69 Å². The fourth-order valence-electron chi connectivity index (χ4n) is 3.03. The zero-order chi connectivity index (χ0) is 17.1. The molecule has 6 heteroatoms. The van der Waals surface area contributed by atoms with Crippen molar-refractivity contribution in [3.05, 3.63) is 72.1 Å². The van der Waals surface area contributed by atoms with E-state index >= 15 is 0 Å². The van der Waals surface area contributed by atoms with Gasteiger partial charge in [-0.3, -0.25) is 0 Å². The topological polar surface area (TPSA) is 52.4 Å². The lowest BCUT2D eigenvalue weighted by atomic mass is 10.2. The molecule has 0 saturated carbocycles. The second-order valence-corrected chi connectivity index (χ2v) is 5.94. The van der Waals surface area contributed by atoms with Crippen LogP contribution in [0.1, 0.15) is 17.5 Å². The largest absolute Gasteiger partial charge is 0.497 e. The van der Waals surface area contributed by atoms with Gasteiger partial charge in [-0.1, -0.05) is 35.5 Å². The number of ether oxygens (including phenoxy) is 2. The van der Waals surface area contributed by atoms with Crippen LogP contribution in [0.3, 0.4) is 0 Å². The van der Waals surface area contributed by atoms with Crippen molar-refractivity contribution in [3.63, 3.8) is 0 Å². The Morgan fingerprint density at radius 1 is 1.12 bits per heavy atom. The van der Waals surface area contributed by atoms with Gasteiger partial charge >= 0.3 is 0 Å². The first-order valence-electron chi connectivity index (χ1n) is 8.30. The van der Waals surface area contributed by atoms with Gasteiger partial charge < -0.3 is 14.4 Å². The van der Waals surface area contributed by atoms with E-state index in [4.69, 9.17) is 9.47 Å². The Morgan fingerprint density at radius 3 is 2.68 bits per heavy atom. The molecule has 3 aromatic rings. The summed E-state index contributed by atoms with van der Waals surface area (Å²) in [6.45, 7) is 2.19. The summed E-state index contributed by atoms with van der Waals surface area (Å²) in [5, 5.41) is 8.58. The lowest BCUT2D eigenvalue weighted by molar-refractivity contribution is 0.110. The smallest absolute Gasteiger partial charge is 0.177 e. The van der Waals surface area contributed by atoms with E-state index in [1.54, 1.807) is 7.11 Å². The molecule has 128 valence electrons. The number of nitrogens with zero attached hydrogens (tertiary/aromatic N) is 4. The highest BCUT2D eigenvalue weighted by molar-refractivity contribution is 5.50. The van der Waals surface area contributed by atoms with Crippen molar-refractivity contribution in [1.82, 2.24) is 15.0 Å². The van der Waals surface area contributed by atoms with Crippen LogP contribution in [0.15, 0.2) is 60.8 Å². The number of hydrogen-bond donors (Lipinski definition) is 0. The van der Waals surface area contributed by atoms with Crippen molar-refractivity contribution in [2.45, 2.75) is 12.8 Å². The molecule has 25 heavy (non-hydrogen) atoms. The lowest BCUT2D eigenvalue weighted by Crippen LogP contribution is -2.23. The van der Waals surface area contributed by atoms with E-state index in [0.29, 0.717) is 13.2 Å². The molecule has 1 aromatic heterocycles. The third-order valence-corrected chi connectivity index (χ3v) is 4.29. The summed E-state index contributed by atoms with van der Waals surface area (Å²) >= 11 is 0. The van der Waals surface area contributed by atoms with E-state index < -0.39 is 0 Å². The molecule has 0 N–H and O–H groups in total. The molecule has 1 aliphatic heterocycles. The summed E-state index contributed by atoms with van der Waals surface area (Å²) in [5.41, 5.74) is 3.10. The Hall–Kier alpha value is -2.86. The molecule has 0 spiro atoms. The molecular weight excluding hydrogens is 316 g/mol. The van der Waals surface area contributed by atoms with Gasteiger partial charge in [0.05, 0.1) is 26.5 Å². The average molecular weight is 336 g/mol. The minimum Gasteiger partial charge on any atom is -0.497 e. The lowest BCUT2D eigenvalue weighted by Gasteiger charge is -2.23. The molecule has 1 atom stereocenters. The maximum absolute atomic E-state index is 5.90. The van der Waals surface area contributed by atoms with Gasteiger partial charge in [0.25, 0.3) is 0 Å². The zero-order valence-electron chi connectivity index (χ0n) is 14.1. The second kappa shape index (κ2) is 6.94. The quantitative estimate of drug-likeness (QED) is 0.717. The first-order chi connectivity index (χ1) is 12.3. The number of benzene rings is 2. The van der Waals surface area contributed by atoms with Crippen LogP contribution < -0.4 is 9.64 Å². The molecule has 0 unspecified atom stereocenters. The predicted octanol–water partition coefficient (Wildman–Crippen LogP) is 2.87. The normalized spacial score (nSPS) is 17.0. The van der Waals surface area contributed by atoms with Crippen molar-refractivity contribution < 1.29 is 9.47 Å². The Labute approximate surface area is 146 Å². The van der Waals surface area contributed by atoms with Crippen LogP contribution in [-0.4, -0.2) is 35.3 Å². The van der Waals surface area contributed by atoms with E-state index in [2.05, 4.69) is 27.3 Å². The van der Waals surface area contributed by atoms with Crippen molar-refractivity contribution in [3.8, 4) is 5.75 Å².